The number of hydrogen-bond donors (Lipinski definition) is 1. The van der Waals surface area contributed by atoms with Crippen LogP contribution in [0, 0.1) is 6.92 Å². The van der Waals surface area contributed by atoms with E-state index >= 15 is 0 Å². The molecule has 136 valence electrons. The van der Waals surface area contributed by atoms with Gasteiger partial charge in [-0.05, 0) is 42.5 Å². The fraction of sp³-hybridized carbons (Fsp3) is 0.500. The zero-order valence-electron chi connectivity index (χ0n) is 16.2. The Morgan fingerprint density at radius 2 is 2.04 bits per heavy atom. The van der Waals surface area contributed by atoms with E-state index in [0.29, 0.717) is 12.5 Å². The molecular formula is C22H32N2O. The third-order valence-corrected chi connectivity index (χ3v) is 4.85. The number of nitrogens with zero attached hydrogens (tertiary/aromatic N) is 1. The lowest BCUT2D eigenvalue weighted by Crippen LogP contribution is -2.27. The smallest absolute Gasteiger partial charge is 0.268 e. The normalized spacial score (nSPS) is 11.2. The van der Waals surface area contributed by atoms with Crippen LogP contribution in [-0.4, -0.2) is 17.0 Å². The minimum absolute atomic E-state index is 0.0261. The van der Waals surface area contributed by atoms with Gasteiger partial charge < -0.3 is 9.88 Å². The molecule has 0 radical (unpaired) electrons. The van der Waals surface area contributed by atoms with Gasteiger partial charge in [0.2, 0.25) is 0 Å². The predicted molar refractivity (Wildman–Crippen MR) is 107 cm³/mol. The first kappa shape index (κ1) is 19.3. The molecule has 0 saturated heterocycles. The third-order valence-electron chi connectivity index (χ3n) is 4.85. The van der Waals surface area contributed by atoms with E-state index in [1.165, 1.54) is 30.2 Å². The van der Waals surface area contributed by atoms with E-state index in [1.807, 2.05) is 6.08 Å². The van der Waals surface area contributed by atoms with E-state index in [1.54, 1.807) is 0 Å². The summed E-state index contributed by atoms with van der Waals surface area (Å²) in [6.45, 7) is 13.9. The summed E-state index contributed by atoms with van der Waals surface area (Å²) in [4.78, 5) is 12.8. The molecule has 0 aliphatic carbocycles. The first-order valence-corrected chi connectivity index (χ1v) is 9.53. The monoisotopic (exact) mass is 340 g/mol. The second kappa shape index (κ2) is 8.89. The molecule has 1 aromatic carbocycles. The van der Waals surface area contributed by atoms with Gasteiger partial charge in [0, 0.05) is 24.0 Å². The molecule has 0 atom stereocenters. The Balaban J connectivity index is 2.33. The van der Waals surface area contributed by atoms with Crippen LogP contribution >= 0.6 is 0 Å². The van der Waals surface area contributed by atoms with Gasteiger partial charge in [0.1, 0.15) is 5.69 Å². The highest BCUT2D eigenvalue weighted by molar-refractivity contribution is 6.01. The lowest BCUT2D eigenvalue weighted by atomic mass is 10.0. The van der Waals surface area contributed by atoms with Gasteiger partial charge in [0.25, 0.3) is 5.91 Å². The molecular weight excluding hydrogens is 308 g/mol. The number of carbonyl (C=O) groups is 1. The Morgan fingerprint density at radius 1 is 1.28 bits per heavy atom. The first-order chi connectivity index (χ1) is 12.0. The maximum atomic E-state index is 12.8. The number of carbonyl (C=O) groups excluding carboxylic acids is 1. The number of hydrogen-bond acceptors (Lipinski definition) is 1. The molecule has 3 nitrogen and oxygen atoms in total. The topological polar surface area (TPSA) is 34.0 Å². The third kappa shape index (κ3) is 4.33. The SMILES string of the molecule is C=CCn1c(C(=O)NCCCCCC)c(C)c2cc(C(C)C)ccc21. The highest BCUT2D eigenvalue weighted by atomic mass is 16.1. The van der Waals surface area contributed by atoms with Crippen molar-refractivity contribution >= 4 is 16.8 Å². The Morgan fingerprint density at radius 3 is 2.68 bits per heavy atom. The molecule has 0 bridgehead atoms. The van der Waals surface area contributed by atoms with Gasteiger partial charge in [-0.1, -0.05) is 52.2 Å². The number of fused-ring (bicyclic) bond motifs is 1. The van der Waals surface area contributed by atoms with Gasteiger partial charge in [-0.25, -0.2) is 0 Å². The predicted octanol–water partition coefficient (Wildman–Crippen LogP) is 5.57. The summed E-state index contributed by atoms with van der Waals surface area (Å²) in [6, 6.07) is 6.53. The molecule has 2 aromatic rings. The Hall–Kier alpha value is -2.03. The van der Waals surface area contributed by atoms with Gasteiger partial charge in [0.15, 0.2) is 0 Å². The number of rotatable bonds is 9. The molecule has 0 saturated carbocycles. The Kier molecular flexibility index (Phi) is 6.86. The molecule has 25 heavy (non-hydrogen) atoms. The highest BCUT2D eigenvalue weighted by Gasteiger charge is 2.20. The van der Waals surface area contributed by atoms with E-state index in [9.17, 15) is 4.79 Å². The fourth-order valence-corrected chi connectivity index (χ4v) is 3.35. The number of unbranched alkanes of at least 4 members (excludes halogenated alkanes) is 3. The zero-order chi connectivity index (χ0) is 18.4. The van der Waals surface area contributed by atoms with Crippen LogP contribution in [0.25, 0.3) is 10.9 Å². The summed E-state index contributed by atoms with van der Waals surface area (Å²) < 4.78 is 2.09. The van der Waals surface area contributed by atoms with E-state index < -0.39 is 0 Å². The second-order valence-corrected chi connectivity index (χ2v) is 7.12. The van der Waals surface area contributed by atoms with Crippen LogP contribution in [0.2, 0.25) is 0 Å². The van der Waals surface area contributed by atoms with Gasteiger partial charge in [-0.3, -0.25) is 4.79 Å². The number of aromatic nitrogens is 1. The van der Waals surface area contributed by atoms with Crippen LogP contribution in [0.1, 0.15) is 74.0 Å². The van der Waals surface area contributed by atoms with E-state index in [2.05, 4.69) is 62.4 Å². The van der Waals surface area contributed by atoms with Crippen LogP contribution in [0.3, 0.4) is 0 Å². The van der Waals surface area contributed by atoms with Crippen molar-refractivity contribution in [2.75, 3.05) is 6.54 Å². The van der Waals surface area contributed by atoms with Crippen LogP contribution < -0.4 is 5.32 Å². The van der Waals surface area contributed by atoms with Crippen molar-refractivity contribution in [2.45, 2.75) is 65.8 Å². The summed E-state index contributed by atoms with van der Waals surface area (Å²) in [5, 5.41) is 4.27. The van der Waals surface area contributed by atoms with E-state index in [-0.39, 0.29) is 5.91 Å². The largest absolute Gasteiger partial charge is 0.351 e. The van der Waals surface area contributed by atoms with Crippen molar-refractivity contribution in [2.24, 2.45) is 0 Å². The van der Waals surface area contributed by atoms with E-state index in [4.69, 9.17) is 0 Å². The minimum atomic E-state index is 0.0261. The molecule has 1 heterocycles. The zero-order valence-corrected chi connectivity index (χ0v) is 16.2. The van der Waals surface area contributed by atoms with Crippen molar-refractivity contribution < 1.29 is 4.79 Å². The number of allylic oxidation sites excluding steroid dienone is 1. The first-order valence-electron chi connectivity index (χ1n) is 9.53. The van der Waals surface area contributed by atoms with Crippen molar-refractivity contribution in [1.82, 2.24) is 9.88 Å². The molecule has 2 rings (SSSR count). The second-order valence-electron chi connectivity index (χ2n) is 7.12. The average Bonchev–Trinajstić information content (AvgIpc) is 2.87. The average molecular weight is 341 g/mol. The lowest BCUT2D eigenvalue weighted by Gasteiger charge is -2.10. The summed E-state index contributed by atoms with van der Waals surface area (Å²) in [6.07, 6.45) is 6.50. The molecule has 0 unspecified atom stereocenters. The summed E-state index contributed by atoms with van der Waals surface area (Å²) in [5.41, 5.74) is 4.24. The van der Waals surface area contributed by atoms with Crippen molar-refractivity contribution in [3.05, 3.63) is 47.7 Å². The summed E-state index contributed by atoms with van der Waals surface area (Å²) in [7, 11) is 0. The van der Waals surface area contributed by atoms with Crippen molar-refractivity contribution in [1.29, 1.82) is 0 Å². The fourth-order valence-electron chi connectivity index (χ4n) is 3.35. The summed E-state index contributed by atoms with van der Waals surface area (Å²) >= 11 is 0. The van der Waals surface area contributed by atoms with Crippen LogP contribution in [0.15, 0.2) is 30.9 Å². The highest BCUT2D eigenvalue weighted by Crippen LogP contribution is 2.29. The molecule has 1 aromatic heterocycles. The Labute approximate surface area is 152 Å². The molecule has 1 amide bonds. The quantitative estimate of drug-likeness (QED) is 0.470. The number of amides is 1. The van der Waals surface area contributed by atoms with E-state index in [0.717, 1.165) is 29.7 Å². The minimum Gasteiger partial charge on any atom is -0.351 e. The number of aryl methyl sites for hydroxylation is 1. The molecule has 0 aliphatic rings. The van der Waals surface area contributed by atoms with Gasteiger partial charge in [-0.2, -0.15) is 0 Å². The van der Waals surface area contributed by atoms with Gasteiger partial charge in [0.05, 0.1) is 0 Å². The standard InChI is InChI=1S/C22H32N2O/c1-6-8-9-10-13-23-22(25)21-17(5)19-15-18(16(3)4)11-12-20(19)24(21)14-7-2/h7,11-12,15-16H,2,6,8-10,13-14H2,1,3-5H3,(H,23,25). The molecule has 1 N–H and O–H groups in total. The summed E-state index contributed by atoms with van der Waals surface area (Å²) in [5.74, 6) is 0.501. The molecule has 0 aliphatic heterocycles. The van der Waals surface area contributed by atoms with Crippen molar-refractivity contribution in [3.8, 4) is 0 Å². The van der Waals surface area contributed by atoms with Gasteiger partial charge in [-0.15, -0.1) is 6.58 Å². The lowest BCUT2D eigenvalue weighted by molar-refractivity contribution is 0.0944. The van der Waals surface area contributed by atoms with Crippen LogP contribution in [0.5, 0.6) is 0 Å². The van der Waals surface area contributed by atoms with Crippen molar-refractivity contribution in [3.63, 3.8) is 0 Å². The Bertz CT molecular complexity index is 740. The maximum Gasteiger partial charge on any atom is 0.268 e. The molecule has 0 spiro atoms. The van der Waals surface area contributed by atoms with Crippen LogP contribution in [-0.2, 0) is 6.54 Å². The molecule has 3 heteroatoms. The molecule has 0 fully saturated rings. The number of benzene rings is 1. The maximum absolute atomic E-state index is 12.8. The van der Waals surface area contributed by atoms with Gasteiger partial charge >= 0.3 is 0 Å². The number of nitrogens with one attached hydrogen (secondary N) is 1. The van der Waals surface area contributed by atoms with Crippen LogP contribution in [0.4, 0.5) is 0 Å².